The minimum Gasteiger partial charge on any atom is -0.493 e. The summed E-state index contributed by atoms with van der Waals surface area (Å²) < 4.78 is 10.9. The third-order valence-corrected chi connectivity index (χ3v) is 4.26. The van der Waals surface area contributed by atoms with Crippen LogP contribution in [0.3, 0.4) is 0 Å². The molecule has 5 nitrogen and oxygen atoms in total. The van der Waals surface area contributed by atoms with Crippen LogP contribution in [0.15, 0.2) is 42.5 Å². The van der Waals surface area contributed by atoms with E-state index in [1.54, 1.807) is 7.11 Å². The van der Waals surface area contributed by atoms with E-state index < -0.39 is 0 Å². The fraction of sp³-hybridized carbons (Fsp3) is 0.350. The predicted molar refractivity (Wildman–Crippen MR) is 98.9 cm³/mol. The average Bonchev–Trinajstić information content (AvgIpc) is 2.61. The molecule has 132 valence electrons. The van der Waals surface area contributed by atoms with E-state index in [-0.39, 0.29) is 11.9 Å². The number of rotatable bonds is 6. The fourth-order valence-electron chi connectivity index (χ4n) is 3.10. The number of amides is 1. The largest absolute Gasteiger partial charge is 0.493 e. The van der Waals surface area contributed by atoms with Crippen LogP contribution in [0.25, 0.3) is 11.1 Å². The van der Waals surface area contributed by atoms with Crippen molar-refractivity contribution in [2.24, 2.45) is 0 Å². The first-order chi connectivity index (χ1) is 12.2. The number of carbonyl (C=O) groups excluding carboxylic acids is 1. The first kappa shape index (κ1) is 17.5. The molecule has 1 aliphatic rings. The SMILES string of the molecule is COCCN[C@H]1CCOc2ccc(-c3cccc(NC(C)=O)c3)cc21. The van der Waals surface area contributed by atoms with Crippen molar-refractivity contribution in [2.75, 3.05) is 32.2 Å². The lowest BCUT2D eigenvalue weighted by atomic mass is 9.95. The topological polar surface area (TPSA) is 59.6 Å². The van der Waals surface area contributed by atoms with Gasteiger partial charge < -0.3 is 20.1 Å². The lowest BCUT2D eigenvalue weighted by Crippen LogP contribution is -2.29. The Morgan fingerprint density at radius 3 is 2.88 bits per heavy atom. The zero-order chi connectivity index (χ0) is 17.6. The molecule has 5 heteroatoms. The summed E-state index contributed by atoms with van der Waals surface area (Å²) in [5.74, 6) is 0.862. The zero-order valence-corrected chi connectivity index (χ0v) is 14.7. The predicted octanol–water partition coefficient (Wildman–Crippen LogP) is 3.37. The average molecular weight is 340 g/mol. The summed E-state index contributed by atoms with van der Waals surface area (Å²) in [5, 5.41) is 6.36. The second-order valence-corrected chi connectivity index (χ2v) is 6.15. The molecule has 3 rings (SSSR count). The number of hydrogen-bond donors (Lipinski definition) is 2. The highest BCUT2D eigenvalue weighted by Gasteiger charge is 2.21. The smallest absolute Gasteiger partial charge is 0.221 e. The van der Waals surface area contributed by atoms with Crippen molar-refractivity contribution in [3.05, 3.63) is 48.0 Å². The molecule has 25 heavy (non-hydrogen) atoms. The number of nitrogens with one attached hydrogen (secondary N) is 2. The molecule has 0 unspecified atom stereocenters. The van der Waals surface area contributed by atoms with Crippen molar-refractivity contribution in [1.29, 1.82) is 0 Å². The van der Waals surface area contributed by atoms with Crippen molar-refractivity contribution < 1.29 is 14.3 Å². The quantitative estimate of drug-likeness (QED) is 0.792. The Labute approximate surface area is 148 Å². The second-order valence-electron chi connectivity index (χ2n) is 6.15. The van der Waals surface area contributed by atoms with Crippen LogP contribution in [0.2, 0.25) is 0 Å². The van der Waals surface area contributed by atoms with Gasteiger partial charge in [-0.1, -0.05) is 18.2 Å². The van der Waals surface area contributed by atoms with Crippen LogP contribution in [-0.4, -0.2) is 32.8 Å². The Morgan fingerprint density at radius 2 is 2.08 bits per heavy atom. The molecule has 0 aromatic heterocycles. The Morgan fingerprint density at radius 1 is 1.24 bits per heavy atom. The van der Waals surface area contributed by atoms with E-state index in [1.807, 2.05) is 30.3 Å². The van der Waals surface area contributed by atoms with Crippen LogP contribution in [0, 0.1) is 0 Å². The summed E-state index contributed by atoms with van der Waals surface area (Å²) in [7, 11) is 1.71. The molecule has 1 amide bonds. The molecule has 0 spiro atoms. The monoisotopic (exact) mass is 340 g/mol. The van der Waals surface area contributed by atoms with Crippen LogP contribution in [0.1, 0.15) is 24.9 Å². The summed E-state index contributed by atoms with van der Waals surface area (Å²) in [6, 6.07) is 14.4. The van der Waals surface area contributed by atoms with Gasteiger partial charge in [0.1, 0.15) is 5.75 Å². The number of anilines is 1. The van der Waals surface area contributed by atoms with E-state index in [0.717, 1.165) is 42.1 Å². The summed E-state index contributed by atoms with van der Waals surface area (Å²) in [5.41, 5.74) is 4.14. The van der Waals surface area contributed by atoms with Gasteiger partial charge in [0.25, 0.3) is 0 Å². The van der Waals surface area contributed by atoms with Gasteiger partial charge in [0.05, 0.1) is 13.2 Å². The summed E-state index contributed by atoms with van der Waals surface area (Å²) in [6.07, 6.45) is 0.937. The first-order valence-corrected chi connectivity index (χ1v) is 8.54. The van der Waals surface area contributed by atoms with Gasteiger partial charge in [-0.05, 0) is 35.4 Å². The highest BCUT2D eigenvalue weighted by atomic mass is 16.5. The van der Waals surface area contributed by atoms with Gasteiger partial charge >= 0.3 is 0 Å². The molecular formula is C20H24N2O3. The zero-order valence-electron chi connectivity index (χ0n) is 14.7. The van der Waals surface area contributed by atoms with Crippen molar-refractivity contribution in [3.8, 4) is 16.9 Å². The molecule has 2 N–H and O–H groups in total. The molecule has 0 aliphatic carbocycles. The maximum absolute atomic E-state index is 11.3. The van der Waals surface area contributed by atoms with Gasteiger partial charge in [-0.15, -0.1) is 0 Å². The number of carbonyl (C=O) groups is 1. The Bertz CT molecular complexity index is 745. The number of hydrogen-bond acceptors (Lipinski definition) is 4. The highest BCUT2D eigenvalue weighted by molar-refractivity contribution is 5.89. The molecule has 1 aliphatic heterocycles. The van der Waals surface area contributed by atoms with E-state index in [0.29, 0.717) is 6.61 Å². The molecule has 2 aromatic rings. The van der Waals surface area contributed by atoms with Crippen molar-refractivity contribution in [2.45, 2.75) is 19.4 Å². The first-order valence-electron chi connectivity index (χ1n) is 8.54. The van der Waals surface area contributed by atoms with Crippen LogP contribution in [-0.2, 0) is 9.53 Å². The molecule has 0 fully saturated rings. The van der Waals surface area contributed by atoms with Crippen molar-refractivity contribution in [3.63, 3.8) is 0 Å². The second kappa shape index (κ2) is 8.14. The van der Waals surface area contributed by atoms with Crippen LogP contribution in [0.4, 0.5) is 5.69 Å². The van der Waals surface area contributed by atoms with Gasteiger partial charge in [-0.25, -0.2) is 0 Å². The van der Waals surface area contributed by atoms with Crippen LogP contribution in [0.5, 0.6) is 5.75 Å². The number of methoxy groups -OCH3 is 1. The lowest BCUT2D eigenvalue weighted by Gasteiger charge is -2.27. The summed E-state index contributed by atoms with van der Waals surface area (Å²) in [4.78, 5) is 11.3. The van der Waals surface area contributed by atoms with Gasteiger partial charge in [0, 0.05) is 44.3 Å². The summed E-state index contributed by atoms with van der Waals surface area (Å²) in [6.45, 7) is 3.72. The van der Waals surface area contributed by atoms with Gasteiger partial charge in [0.2, 0.25) is 5.91 Å². The molecule has 0 bridgehead atoms. The number of benzene rings is 2. The minimum absolute atomic E-state index is 0.0709. The number of fused-ring (bicyclic) bond motifs is 1. The molecule has 1 heterocycles. The third kappa shape index (κ3) is 4.38. The summed E-state index contributed by atoms with van der Waals surface area (Å²) >= 11 is 0. The minimum atomic E-state index is -0.0709. The van der Waals surface area contributed by atoms with Crippen molar-refractivity contribution in [1.82, 2.24) is 5.32 Å². The van der Waals surface area contributed by atoms with Crippen LogP contribution < -0.4 is 15.4 Å². The van der Waals surface area contributed by atoms with E-state index in [2.05, 4.69) is 22.8 Å². The Balaban J connectivity index is 1.86. The standard InChI is InChI=1S/C20H24N2O3/c1-14(23)22-17-5-3-4-15(12-17)16-6-7-20-18(13-16)19(8-10-25-20)21-9-11-24-2/h3-7,12-13,19,21H,8-11H2,1-2H3,(H,22,23)/t19-/m0/s1. The maximum Gasteiger partial charge on any atom is 0.221 e. The van der Waals surface area contributed by atoms with E-state index >= 15 is 0 Å². The highest BCUT2D eigenvalue weighted by Crippen LogP contribution is 2.35. The molecule has 0 radical (unpaired) electrons. The van der Waals surface area contributed by atoms with E-state index in [1.165, 1.54) is 12.5 Å². The lowest BCUT2D eigenvalue weighted by molar-refractivity contribution is -0.114. The van der Waals surface area contributed by atoms with E-state index in [4.69, 9.17) is 9.47 Å². The molecule has 1 atom stereocenters. The van der Waals surface area contributed by atoms with Gasteiger partial charge in [-0.3, -0.25) is 4.79 Å². The van der Waals surface area contributed by atoms with Gasteiger partial charge in [-0.2, -0.15) is 0 Å². The fourth-order valence-corrected chi connectivity index (χ4v) is 3.10. The molecule has 2 aromatic carbocycles. The number of ether oxygens (including phenoxy) is 2. The molecular weight excluding hydrogens is 316 g/mol. The Kier molecular flexibility index (Phi) is 5.68. The Hall–Kier alpha value is -2.37. The maximum atomic E-state index is 11.3. The van der Waals surface area contributed by atoms with Crippen LogP contribution >= 0.6 is 0 Å². The third-order valence-electron chi connectivity index (χ3n) is 4.26. The normalized spacial score (nSPS) is 16.0. The molecule has 0 saturated heterocycles. The molecule has 0 saturated carbocycles. The van der Waals surface area contributed by atoms with E-state index in [9.17, 15) is 4.79 Å². The van der Waals surface area contributed by atoms with Crippen molar-refractivity contribution >= 4 is 11.6 Å². The van der Waals surface area contributed by atoms with Gasteiger partial charge in [0.15, 0.2) is 0 Å².